The Morgan fingerprint density at radius 3 is 1.51 bits per heavy atom. The number of amides is 3. The van der Waals surface area contributed by atoms with Crippen molar-refractivity contribution in [2.45, 2.75) is 27.7 Å². The number of nitrogens with zero attached hydrogens (tertiary/aromatic N) is 3. The predicted octanol–water partition coefficient (Wildman–Crippen LogP) is 6.00. The average molecular weight is 941 g/mol. The van der Waals surface area contributed by atoms with Gasteiger partial charge in [-0.25, -0.2) is 4.39 Å². The molecule has 6 aromatic rings. The van der Waals surface area contributed by atoms with Crippen LogP contribution in [0.1, 0.15) is 70.0 Å². The van der Waals surface area contributed by atoms with Crippen LogP contribution in [0.25, 0.3) is 55.6 Å². The molecule has 0 radical (unpaired) electrons. The van der Waals surface area contributed by atoms with Gasteiger partial charge in [-0.15, -0.1) is 0 Å². The molecule has 0 aromatic heterocycles. The highest BCUT2D eigenvalue weighted by Gasteiger charge is 2.32. The molecule has 0 atom stereocenters. The molecule has 350 valence electrons. The van der Waals surface area contributed by atoms with Gasteiger partial charge in [0.1, 0.15) is 28.8 Å². The number of carbonyl (C=O) groups is 3. The number of halogens is 1. The number of nitrogens with one attached hydrogen (secondary N) is 6. The number of aryl methyl sites for hydroxylation is 2. The number of benzene rings is 6. The van der Waals surface area contributed by atoms with E-state index >= 15 is 0 Å². The Bertz CT molecular complexity index is 3450. The lowest BCUT2D eigenvalue weighted by Crippen LogP contribution is -2.36. The van der Waals surface area contributed by atoms with E-state index in [2.05, 4.69) is 22.0 Å². The number of hydrogen-bond acceptors (Lipinski definition) is 13. The van der Waals surface area contributed by atoms with E-state index in [4.69, 9.17) is 38.2 Å². The summed E-state index contributed by atoms with van der Waals surface area (Å²) in [7, 11) is 1.28. The number of carbonyl (C=O) groups excluding carboxylic acids is 3. The van der Waals surface area contributed by atoms with Crippen molar-refractivity contribution >= 4 is 35.6 Å². The first-order valence-corrected chi connectivity index (χ1v) is 20.5. The van der Waals surface area contributed by atoms with Crippen LogP contribution in [0.4, 0.5) is 4.39 Å². The molecule has 19 nitrogen and oxygen atoms in total. The Hall–Kier alpha value is -10.3. The van der Waals surface area contributed by atoms with E-state index in [1.54, 1.807) is 39.8 Å². The number of methoxy groups -OCH3 is 1. The van der Waals surface area contributed by atoms with E-state index in [1.165, 1.54) is 43.5 Å². The van der Waals surface area contributed by atoms with Gasteiger partial charge < -0.3 is 37.3 Å². The minimum atomic E-state index is -1.11. The van der Waals surface area contributed by atoms with Crippen molar-refractivity contribution < 1.29 is 38.8 Å². The molecule has 0 saturated carbocycles. The molecule has 0 unspecified atom stereocenters. The van der Waals surface area contributed by atoms with Gasteiger partial charge in [-0.3, -0.25) is 46.6 Å². The molecule has 0 fully saturated rings. The van der Waals surface area contributed by atoms with Crippen molar-refractivity contribution in [1.29, 1.82) is 32.0 Å². The fourth-order valence-corrected chi connectivity index (χ4v) is 8.48. The Morgan fingerprint density at radius 2 is 1.01 bits per heavy atom. The van der Waals surface area contributed by atoms with Crippen LogP contribution in [0, 0.1) is 83.7 Å². The summed E-state index contributed by atoms with van der Waals surface area (Å²) in [5, 5.41) is 95.9. The van der Waals surface area contributed by atoms with Gasteiger partial charge in [0.25, 0.3) is 17.7 Å². The first kappa shape index (κ1) is 49.2. The van der Waals surface area contributed by atoms with Gasteiger partial charge in [-0.2, -0.15) is 15.8 Å². The van der Waals surface area contributed by atoms with Crippen LogP contribution < -0.4 is 37.9 Å². The number of ether oxygens (including phenoxy) is 1. The van der Waals surface area contributed by atoms with Crippen LogP contribution in [0.5, 0.6) is 23.0 Å². The molecule has 20 heteroatoms. The molecule has 0 aliphatic heterocycles. The van der Waals surface area contributed by atoms with E-state index in [1.807, 2.05) is 12.1 Å². The Kier molecular flexibility index (Phi) is 13.6. The van der Waals surface area contributed by atoms with Crippen molar-refractivity contribution in [2.24, 2.45) is 17.2 Å². The largest absolute Gasteiger partial charge is 0.507 e. The molecule has 70 heavy (non-hydrogen) atoms. The molecule has 15 N–H and O–H groups in total. The summed E-state index contributed by atoms with van der Waals surface area (Å²) in [5.74, 6) is -8.03. The molecule has 0 saturated heterocycles. The quantitative estimate of drug-likeness (QED) is 0.0585. The normalized spacial score (nSPS) is 10.5. The maximum absolute atomic E-state index is 14.7. The van der Waals surface area contributed by atoms with Crippen molar-refractivity contribution in [1.82, 2.24) is 16.0 Å². The van der Waals surface area contributed by atoms with Crippen molar-refractivity contribution in [3.63, 3.8) is 0 Å². The van der Waals surface area contributed by atoms with Crippen molar-refractivity contribution in [3.8, 4) is 96.8 Å². The first-order valence-electron chi connectivity index (χ1n) is 20.5. The molecule has 0 spiro atoms. The monoisotopic (exact) mass is 940 g/mol. The minimum Gasteiger partial charge on any atom is -0.507 e. The SMILES string of the molecule is COc1ccc(F)cc1-c1c(C#N)cc(-c2ccc(-c3c(C#N)cc(-c4c(C)cc(-c5c(C#N)ccc(O)c5C(=O)NC(=N)N)cc4C)c(O)c3C(=O)NC(=N)N)c(C)c2C)c(O)c1C(=O)NC(=N)N. The first-order chi connectivity index (χ1) is 33.1. The second-order valence-corrected chi connectivity index (χ2v) is 15.7. The molecule has 0 heterocycles. The van der Waals surface area contributed by atoms with E-state index in [0.29, 0.717) is 27.8 Å². The highest BCUT2D eigenvalue weighted by Crippen LogP contribution is 2.49. The van der Waals surface area contributed by atoms with Crippen LogP contribution in [0.15, 0.2) is 66.7 Å². The lowest BCUT2D eigenvalue weighted by Gasteiger charge is -2.23. The molecule has 3 amide bonds. The number of phenols is 3. The van der Waals surface area contributed by atoms with Crippen molar-refractivity contribution in [3.05, 3.63) is 128 Å². The second-order valence-electron chi connectivity index (χ2n) is 15.7. The number of nitriles is 3. The molecule has 6 rings (SSSR count). The minimum absolute atomic E-state index is 0.00239. The summed E-state index contributed by atoms with van der Waals surface area (Å²) in [6.45, 7) is 6.47. The Balaban J connectivity index is 1.61. The summed E-state index contributed by atoms with van der Waals surface area (Å²) in [6, 6.07) is 20.6. The highest BCUT2D eigenvalue weighted by molar-refractivity contribution is 6.15. The third-order valence-corrected chi connectivity index (χ3v) is 11.4. The smallest absolute Gasteiger partial charge is 0.262 e. The van der Waals surface area contributed by atoms with Crippen molar-refractivity contribution in [2.75, 3.05) is 7.11 Å². The highest BCUT2D eigenvalue weighted by atomic mass is 19.1. The fraction of sp³-hybridized carbons (Fsp3) is 0.100. The third kappa shape index (κ3) is 8.87. The average Bonchev–Trinajstić information content (AvgIpc) is 3.28. The second kappa shape index (κ2) is 19.3. The zero-order valence-corrected chi connectivity index (χ0v) is 37.8. The third-order valence-electron chi connectivity index (χ3n) is 11.4. The standard InChI is InChI=1S/C50H41FN12O7/c1-20-12-25(37-24(17-52)6-10-34(64)40(37)45(67)61-48(55)56)13-21(2)36(20)33-15-27(19-54)38(41(44(33)66)46(68)62-49(57)58)30-9-8-29(22(3)23(30)4)31-14-26(18-53)39(32-16-28(51)7-11-35(32)70-5)42(43(31)65)47(69)63-50(59)60/h6-16,64-66H,1-5H3,(H4,55,56,61,67)(H4,57,58,62,68)(H4,59,60,63,69). The van der Waals surface area contributed by atoms with E-state index in [0.717, 1.165) is 18.2 Å². The molecule has 0 aliphatic carbocycles. The van der Waals surface area contributed by atoms with Gasteiger partial charge in [0.15, 0.2) is 17.9 Å². The van der Waals surface area contributed by atoms with Crippen LogP contribution in [-0.4, -0.2) is 58.0 Å². The number of guanidine groups is 3. The van der Waals surface area contributed by atoms with E-state index in [-0.39, 0.29) is 78.1 Å². The van der Waals surface area contributed by atoms with Gasteiger partial charge in [0.2, 0.25) is 0 Å². The Labute approximate surface area is 398 Å². The summed E-state index contributed by atoms with van der Waals surface area (Å²) >= 11 is 0. The molecule has 6 aromatic carbocycles. The number of hydrogen-bond donors (Lipinski definition) is 12. The summed E-state index contributed by atoms with van der Waals surface area (Å²) in [5.41, 5.74) is 16.8. The molecule has 0 bridgehead atoms. The van der Waals surface area contributed by atoms with Gasteiger partial charge in [-0.1, -0.05) is 24.3 Å². The van der Waals surface area contributed by atoms with E-state index in [9.17, 15) is 49.9 Å². The number of aromatic hydroxyl groups is 3. The van der Waals surface area contributed by atoms with Crippen LogP contribution in [0.2, 0.25) is 0 Å². The lowest BCUT2D eigenvalue weighted by atomic mass is 9.82. The molecular weight excluding hydrogens is 900 g/mol. The fourth-order valence-electron chi connectivity index (χ4n) is 8.48. The van der Waals surface area contributed by atoms with Gasteiger partial charge in [-0.05, 0) is 115 Å². The Morgan fingerprint density at radius 1 is 0.557 bits per heavy atom. The van der Waals surface area contributed by atoms with Gasteiger partial charge in [0.05, 0.1) is 58.7 Å². The zero-order chi connectivity index (χ0) is 51.6. The predicted molar refractivity (Wildman–Crippen MR) is 256 cm³/mol. The maximum atomic E-state index is 14.7. The van der Waals surface area contributed by atoms with E-state index < -0.39 is 69.8 Å². The van der Waals surface area contributed by atoms with Gasteiger partial charge in [0, 0.05) is 33.4 Å². The molecular formula is C50H41FN12O7. The summed E-state index contributed by atoms with van der Waals surface area (Å²) < 4.78 is 20.1. The van der Waals surface area contributed by atoms with Crippen LogP contribution in [0.3, 0.4) is 0 Å². The molecule has 0 aliphatic rings. The van der Waals surface area contributed by atoms with Crippen LogP contribution >= 0.6 is 0 Å². The van der Waals surface area contributed by atoms with Gasteiger partial charge >= 0.3 is 0 Å². The number of rotatable bonds is 9. The van der Waals surface area contributed by atoms with Crippen LogP contribution in [-0.2, 0) is 0 Å². The number of phenolic OH excluding ortho intramolecular Hbond substituents is 3. The summed E-state index contributed by atoms with van der Waals surface area (Å²) in [6.07, 6.45) is 0. The maximum Gasteiger partial charge on any atom is 0.262 e. The zero-order valence-electron chi connectivity index (χ0n) is 37.8. The lowest BCUT2D eigenvalue weighted by molar-refractivity contribution is 0.0965. The summed E-state index contributed by atoms with van der Waals surface area (Å²) in [4.78, 5) is 41.1. The topological polar surface area (TPSA) is 378 Å². The number of nitrogens with two attached hydrogens (primary N) is 3.